The van der Waals surface area contributed by atoms with E-state index in [0.29, 0.717) is 41.8 Å². The summed E-state index contributed by atoms with van der Waals surface area (Å²) in [5.74, 6) is -0.382. The zero-order valence-electron chi connectivity index (χ0n) is 15.2. The number of hydrogen-bond acceptors (Lipinski definition) is 5. The number of carbonyl (C=O) groups is 1. The molecule has 0 saturated carbocycles. The fourth-order valence-corrected chi connectivity index (χ4v) is 5.06. The van der Waals surface area contributed by atoms with Crippen molar-refractivity contribution < 1.29 is 18.4 Å². The largest absolute Gasteiger partial charge is 0.369 e. The van der Waals surface area contributed by atoms with Gasteiger partial charge in [-0.1, -0.05) is 41.9 Å². The van der Waals surface area contributed by atoms with Crippen LogP contribution in [0.25, 0.3) is 0 Å². The van der Waals surface area contributed by atoms with Gasteiger partial charge in [-0.2, -0.15) is 4.31 Å². The molecular formula is C19H22ClN3O4S. The third-order valence-corrected chi connectivity index (χ3v) is 6.94. The predicted molar refractivity (Wildman–Crippen MR) is 108 cm³/mol. The summed E-state index contributed by atoms with van der Waals surface area (Å²) < 4.78 is 27.2. The SMILES string of the molecule is O=CN(O)C(CS(=O)(=O)N1CCN(c2ccc(Cl)cc2)CC1)c1ccccc1. The smallest absolute Gasteiger partial charge is 0.233 e. The standard InChI is InChI=1S/C19H22ClN3O4S/c20-17-6-8-18(9-7-17)21-10-12-22(13-11-21)28(26,27)14-19(23(25)15-24)16-4-2-1-3-5-16/h1-9,15,19,25H,10-14H2. The maximum absolute atomic E-state index is 12.9. The second-order valence-corrected chi connectivity index (χ2v) is 9.00. The molecule has 0 radical (unpaired) electrons. The van der Waals surface area contributed by atoms with E-state index in [0.717, 1.165) is 5.69 Å². The Bertz CT molecular complexity index is 885. The van der Waals surface area contributed by atoms with Gasteiger partial charge in [0.2, 0.25) is 16.4 Å². The fourth-order valence-electron chi connectivity index (χ4n) is 3.26. The van der Waals surface area contributed by atoms with Gasteiger partial charge < -0.3 is 4.90 Å². The molecule has 3 rings (SSSR count). The van der Waals surface area contributed by atoms with Crippen molar-refractivity contribution in [3.8, 4) is 0 Å². The van der Waals surface area contributed by atoms with E-state index in [1.807, 2.05) is 12.1 Å². The van der Waals surface area contributed by atoms with Crippen molar-refractivity contribution >= 4 is 33.7 Å². The van der Waals surface area contributed by atoms with Crippen molar-refractivity contribution in [2.75, 3.05) is 36.8 Å². The highest BCUT2D eigenvalue weighted by atomic mass is 35.5. The number of hydrogen-bond donors (Lipinski definition) is 1. The van der Waals surface area contributed by atoms with Crippen LogP contribution in [0, 0.1) is 0 Å². The van der Waals surface area contributed by atoms with E-state index in [-0.39, 0.29) is 12.2 Å². The molecule has 7 nitrogen and oxygen atoms in total. The Morgan fingerprint density at radius 3 is 2.21 bits per heavy atom. The zero-order chi connectivity index (χ0) is 20.1. The van der Waals surface area contributed by atoms with Crippen molar-refractivity contribution in [2.45, 2.75) is 6.04 Å². The summed E-state index contributed by atoms with van der Waals surface area (Å²) >= 11 is 5.91. The Kier molecular flexibility index (Phi) is 6.56. The molecule has 0 bridgehead atoms. The molecule has 1 amide bonds. The minimum absolute atomic E-state index is 0.228. The number of anilines is 1. The minimum atomic E-state index is -3.67. The van der Waals surface area contributed by atoms with Crippen LogP contribution in [-0.2, 0) is 14.8 Å². The maximum Gasteiger partial charge on any atom is 0.233 e. The Labute approximate surface area is 169 Å². The zero-order valence-corrected chi connectivity index (χ0v) is 16.8. The van der Waals surface area contributed by atoms with Crippen LogP contribution >= 0.6 is 11.6 Å². The lowest BCUT2D eigenvalue weighted by molar-refractivity contribution is -0.158. The Balaban J connectivity index is 1.69. The predicted octanol–water partition coefficient (Wildman–Crippen LogP) is 2.38. The van der Waals surface area contributed by atoms with Gasteiger partial charge in [-0.15, -0.1) is 0 Å². The molecule has 1 N–H and O–H groups in total. The summed E-state index contributed by atoms with van der Waals surface area (Å²) in [4.78, 5) is 13.2. The topological polar surface area (TPSA) is 81.2 Å². The van der Waals surface area contributed by atoms with Crippen molar-refractivity contribution in [3.63, 3.8) is 0 Å². The van der Waals surface area contributed by atoms with E-state index >= 15 is 0 Å². The maximum atomic E-state index is 12.9. The van der Waals surface area contributed by atoms with Crippen LogP contribution in [0.15, 0.2) is 54.6 Å². The van der Waals surface area contributed by atoms with Gasteiger partial charge in [0.25, 0.3) is 0 Å². The average molecular weight is 424 g/mol. The Morgan fingerprint density at radius 1 is 1.04 bits per heavy atom. The lowest BCUT2D eigenvalue weighted by atomic mass is 10.1. The van der Waals surface area contributed by atoms with Crippen LogP contribution in [-0.4, -0.2) is 61.3 Å². The molecule has 0 aromatic heterocycles. The highest BCUT2D eigenvalue weighted by molar-refractivity contribution is 7.89. The first-order valence-electron chi connectivity index (χ1n) is 8.86. The molecule has 1 unspecified atom stereocenters. The lowest BCUT2D eigenvalue weighted by Crippen LogP contribution is -2.50. The number of rotatable bonds is 7. The van der Waals surface area contributed by atoms with E-state index in [1.165, 1.54) is 4.31 Å². The molecule has 0 aliphatic carbocycles. The molecule has 9 heteroatoms. The summed E-state index contributed by atoms with van der Waals surface area (Å²) in [5.41, 5.74) is 1.55. The van der Waals surface area contributed by atoms with Crippen LogP contribution in [0.4, 0.5) is 5.69 Å². The number of sulfonamides is 1. The van der Waals surface area contributed by atoms with Gasteiger partial charge in [0, 0.05) is 36.9 Å². The van der Waals surface area contributed by atoms with E-state index < -0.39 is 16.1 Å². The number of hydroxylamine groups is 2. The van der Waals surface area contributed by atoms with Gasteiger partial charge in [-0.25, -0.2) is 13.5 Å². The third-order valence-electron chi connectivity index (χ3n) is 4.80. The van der Waals surface area contributed by atoms with Gasteiger partial charge in [0.05, 0.1) is 11.8 Å². The Hall–Kier alpha value is -2.13. The van der Waals surface area contributed by atoms with Gasteiger partial charge in [-0.05, 0) is 29.8 Å². The average Bonchev–Trinajstić information content (AvgIpc) is 2.73. The molecule has 2 aromatic rings. The van der Waals surface area contributed by atoms with Gasteiger partial charge in [0.15, 0.2) is 0 Å². The van der Waals surface area contributed by atoms with Crippen LogP contribution in [0.2, 0.25) is 5.02 Å². The van der Waals surface area contributed by atoms with Gasteiger partial charge >= 0.3 is 0 Å². The minimum Gasteiger partial charge on any atom is -0.369 e. The molecule has 1 atom stereocenters. The first-order valence-corrected chi connectivity index (χ1v) is 10.9. The summed E-state index contributed by atoms with van der Waals surface area (Å²) in [6, 6.07) is 15.1. The number of nitrogens with zero attached hydrogens (tertiary/aromatic N) is 3. The number of halogens is 1. The van der Waals surface area contributed by atoms with E-state index in [1.54, 1.807) is 42.5 Å². The van der Waals surface area contributed by atoms with Gasteiger partial charge in [-0.3, -0.25) is 10.0 Å². The van der Waals surface area contributed by atoms with Crippen molar-refractivity contribution in [3.05, 3.63) is 65.2 Å². The molecule has 1 aliphatic heterocycles. The van der Waals surface area contributed by atoms with Crippen molar-refractivity contribution in [1.29, 1.82) is 0 Å². The number of carbonyl (C=O) groups excluding carboxylic acids is 1. The van der Waals surface area contributed by atoms with Gasteiger partial charge in [0.1, 0.15) is 0 Å². The number of benzene rings is 2. The highest BCUT2D eigenvalue weighted by Gasteiger charge is 2.32. The first-order chi connectivity index (χ1) is 13.4. The molecule has 0 spiro atoms. The first kappa shape index (κ1) is 20.6. The lowest BCUT2D eigenvalue weighted by Gasteiger charge is -2.36. The normalized spacial score (nSPS) is 16.6. The molecular weight excluding hydrogens is 402 g/mol. The molecule has 28 heavy (non-hydrogen) atoms. The highest BCUT2D eigenvalue weighted by Crippen LogP contribution is 2.24. The van der Waals surface area contributed by atoms with Crippen LogP contribution in [0.1, 0.15) is 11.6 Å². The summed E-state index contributed by atoms with van der Waals surface area (Å²) in [5, 5.41) is 11.0. The van der Waals surface area contributed by atoms with Crippen LogP contribution in [0.3, 0.4) is 0 Å². The van der Waals surface area contributed by atoms with Crippen LogP contribution in [0.5, 0.6) is 0 Å². The summed E-state index contributed by atoms with van der Waals surface area (Å²) in [7, 11) is -3.67. The second-order valence-electron chi connectivity index (χ2n) is 6.55. The number of amides is 1. The molecule has 150 valence electrons. The number of piperazine rings is 1. The Morgan fingerprint density at radius 2 is 1.64 bits per heavy atom. The van der Waals surface area contributed by atoms with Crippen molar-refractivity contribution in [2.24, 2.45) is 0 Å². The third kappa shape index (κ3) is 4.82. The quantitative estimate of drug-likeness (QED) is 0.420. The van der Waals surface area contributed by atoms with E-state index in [2.05, 4.69) is 4.90 Å². The molecule has 1 heterocycles. The second kappa shape index (κ2) is 8.91. The molecule has 1 aliphatic rings. The monoisotopic (exact) mass is 423 g/mol. The molecule has 2 aromatic carbocycles. The fraction of sp³-hybridized carbons (Fsp3) is 0.316. The molecule has 1 fully saturated rings. The van der Waals surface area contributed by atoms with E-state index in [9.17, 15) is 18.4 Å². The van der Waals surface area contributed by atoms with Crippen LogP contribution < -0.4 is 4.90 Å². The van der Waals surface area contributed by atoms with E-state index in [4.69, 9.17) is 11.6 Å². The van der Waals surface area contributed by atoms with Crippen molar-refractivity contribution in [1.82, 2.24) is 9.37 Å². The molecule has 1 saturated heterocycles. The summed E-state index contributed by atoms with van der Waals surface area (Å²) in [6.45, 7) is 1.76. The summed E-state index contributed by atoms with van der Waals surface area (Å²) in [6.07, 6.45) is 0.228.